The molecule has 4 nitrogen and oxygen atoms in total. The summed E-state index contributed by atoms with van der Waals surface area (Å²) >= 11 is 0. The molecule has 2 fully saturated rings. The number of likely N-dealkylation sites (tertiary alicyclic amines) is 1. The van der Waals surface area contributed by atoms with Gasteiger partial charge in [0.2, 0.25) is 0 Å². The minimum Gasteiger partial charge on any atom is -0.381 e. The number of rotatable bonds is 4. The standard InChI is InChI=1S/C13H27N3O/c1-15(9-12-4-3-6-16(12)2)8-11-10-17-7-5-13(11)14/h11-13H,3-10,14H2,1-2H3. The van der Waals surface area contributed by atoms with Crippen molar-refractivity contribution in [2.75, 3.05) is 46.9 Å². The normalized spacial score (nSPS) is 35.6. The smallest absolute Gasteiger partial charge is 0.0521 e. The zero-order valence-electron chi connectivity index (χ0n) is 11.3. The highest BCUT2D eigenvalue weighted by Crippen LogP contribution is 2.18. The molecule has 2 saturated heterocycles. The van der Waals surface area contributed by atoms with Gasteiger partial charge < -0.3 is 20.3 Å². The molecule has 0 spiro atoms. The molecule has 0 aromatic heterocycles. The highest BCUT2D eigenvalue weighted by molar-refractivity contribution is 4.82. The third kappa shape index (κ3) is 3.65. The van der Waals surface area contributed by atoms with Gasteiger partial charge in [-0.2, -0.15) is 0 Å². The van der Waals surface area contributed by atoms with Crippen LogP contribution in [0.3, 0.4) is 0 Å². The van der Waals surface area contributed by atoms with Crippen LogP contribution >= 0.6 is 0 Å². The Labute approximate surface area is 105 Å². The quantitative estimate of drug-likeness (QED) is 0.772. The molecule has 4 heteroatoms. The maximum Gasteiger partial charge on any atom is 0.0521 e. The van der Waals surface area contributed by atoms with Crippen molar-refractivity contribution in [3.63, 3.8) is 0 Å². The number of nitrogens with zero attached hydrogens (tertiary/aromatic N) is 2. The summed E-state index contributed by atoms with van der Waals surface area (Å²) in [7, 11) is 4.45. The van der Waals surface area contributed by atoms with Gasteiger partial charge in [-0.25, -0.2) is 0 Å². The van der Waals surface area contributed by atoms with Crippen LogP contribution in [0.25, 0.3) is 0 Å². The molecule has 0 aromatic carbocycles. The van der Waals surface area contributed by atoms with Crippen molar-refractivity contribution in [3.8, 4) is 0 Å². The van der Waals surface area contributed by atoms with Gasteiger partial charge in [-0.15, -0.1) is 0 Å². The summed E-state index contributed by atoms with van der Waals surface area (Å²) in [6.45, 7) is 5.18. The summed E-state index contributed by atoms with van der Waals surface area (Å²) in [5.41, 5.74) is 6.15. The van der Waals surface area contributed by atoms with Crippen molar-refractivity contribution in [2.45, 2.75) is 31.3 Å². The number of likely N-dealkylation sites (N-methyl/N-ethyl adjacent to an activating group) is 2. The Morgan fingerprint density at radius 3 is 2.82 bits per heavy atom. The first-order valence-corrected chi connectivity index (χ1v) is 6.89. The van der Waals surface area contributed by atoms with Crippen LogP contribution in [-0.4, -0.2) is 68.8 Å². The summed E-state index contributed by atoms with van der Waals surface area (Å²) in [5, 5.41) is 0. The molecule has 2 aliphatic rings. The van der Waals surface area contributed by atoms with E-state index in [1.54, 1.807) is 0 Å². The fraction of sp³-hybridized carbons (Fsp3) is 1.00. The summed E-state index contributed by atoms with van der Waals surface area (Å²) in [4.78, 5) is 4.92. The van der Waals surface area contributed by atoms with E-state index in [1.165, 1.54) is 25.9 Å². The van der Waals surface area contributed by atoms with Crippen LogP contribution in [0, 0.1) is 5.92 Å². The second-order valence-corrected chi connectivity index (χ2v) is 5.79. The lowest BCUT2D eigenvalue weighted by atomic mass is 9.96. The highest BCUT2D eigenvalue weighted by Gasteiger charge is 2.26. The second-order valence-electron chi connectivity index (χ2n) is 5.79. The number of nitrogens with two attached hydrogens (primary N) is 1. The van der Waals surface area contributed by atoms with Gasteiger partial charge in [0.05, 0.1) is 6.61 Å². The Bertz CT molecular complexity index is 237. The molecule has 17 heavy (non-hydrogen) atoms. The van der Waals surface area contributed by atoms with Crippen molar-refractivity contribution in [2.24, 2.45) is 11.7 Å². The molecule has 3 unspecified atom stereocenters. The van der Waals surface area contributed by atoms with Crippen LogP contribution in [0.1, 0.15) is 19.3 Å². The van der Waals surface area contributed by atoms with E-state index in [0.717, 1.165) is 32.2 Å². The topological polar surface area (TPSA) is 41.7 Å². The minimum atomic E-state index is 0.326. The largest absolute Gasteiger partial charge is 0.381 e. The van der Waals surface area contributed by atoms with Gasteiger partial charge in [0, 0.05) is 37.7 Å². The zero-order valence-corrected chi connectivity index (χ0v) is 11.3. The van der Waals surface area contributed by atoms with E-state index in [9.17, 15) is 0 Å². The average molecular weight is 241 g/mol. The molecule has 0 aromatic rings. The van der Waals surface area contributed by atoms with Crippen molar-refractivity contribution in [1.82, 2.24) is 9.80 Å². The maximum atomic E-state index is 6.15. The molecule has 0 bridgehead atoms. The van der Waals surface area contributed by atoms with Crippen LogP contribution in [0.4, 0.5) is 0 Å². The minimum absolute atomic E-state index is 0.326. The van der Waals surface area contributed by atoms with Crippen LogP contribution in [0.5, 0.6) is 0 Å². The monoisotopic (exact) mass is 241 g/mol. The lowest BCUT2D eigenvalue weighted by molar-refractivity contribution is 0.0272. The Hall–Kier alpha value is -0.160. The number of hydrogen-bond donors (Lipinski definition) is 1. The Balaban J connectivity index is 1.74. The molecular weight excluding hydrogens is 214 g/mol. The van der Waals surface area contributed by atoms with Gasteiger partial charge in [-0.1, -0.05) is 0 Å². The first kappa shape index (κ1) is 13.3. The molecule has 100 valence electrons. The molecular formula is C13H27N3O. The fourth-order valence-corrected chi connectivity index (χ4v) is 3.05. The third-order valence-electron chi connectivity index (χ3n) is 4.27. The van der Waals surface area contributed by atoms with E-state index in [2.05, 4.69) is 23.9 Å². The molecule has 2 N–H and O–H groups in total. The summed E-state index contributed by atoms with van der Waals surface area (Å²) < 4.78 is 5.53. The molecule has 2 rings (SSSR count). The van der Waals surface area contributed by atoms with E-state index in [-0.39, 0.29) is 0 Å². The van der Waals surface area contributed by atoms with E-state index < -0.39 is 0 Å². The molecule has 0 saturated carbocycles. The van der Waals surface area contributed by atoms with E-state index in [1.807, 2.05) is 0 Å². The molecule has 0 radical (unpaired) electrons. The van der Waals surface area contributed by atoms with Crippen molar-refractivity contribution >= 4 is 0 Å². The van der Waals surface area contributed by atoms with Crippen LogP contribution in [0.2, 0.25) is 0 Å². The predicted octanol–water partition coefficient (Wildman–Crippen LogP) is 0.376. The zero-order chi connectivity index (χ0) is 12.3. The van der Waals surface area contributed by atoms with Gasteiger partial charge in [0.25, 0.3) is 0 Å². The van der Waals surface area contributed by atoms with Crippen molar-refractivity contribution in [3.05, 3.63) is 0 Å². The van der Waals surface area contributed by atoms with Crippen LogP contribution in [0.15, 0.2) is 0 Å². The van der Waals surface area contributed by atoms with Crippen molar-refractivity contribution in [1.29, 1.82) is 0 Å². The van der Waals surface area contributed by atoms with Gasteiger partial charge >= 0.3 is 0 Å². The van der Waals surface area contributed by atoms with E-state index in [4.69, 9.17) is 10.5 Å². The van der Waals surface area contributed by atoms with Crippen LogP contribution < -0.4 is 5.73 Å². The van der Waals surface area contributed by atoms with Gasteiger partial charge in [0.15, 0.2) is 0 Å². The second kappa shape index (κ2) is 6.14. The van der Waals surface area contributed by atoms with E-state index in [0.29, 0.717) is 12.0 Å². The lowest BCUT2D eigenvalue weighted by Gasteiger charge is -2.33. The molecule has 0 amide bonds. The number of hydrogen-bond acceptors (Lipinski definition) is 4. The molecule has 2 heterocycles. The summed E-state index contributed by atoms with van der Waals surface area (Å²) in [6.07, 6.45) is 3.71. The number of ether oxygens (including phenoxy) is 1. The first-order chi connectivity index (χ1) is 8.16. The SMILES string of the molecule is CN(CC1COCCC1N)CC1CCCN1C. The lowest BCUT2D eigenvalue weighted by Crippen LogP contribution is -2.46. The molecule has 0 aliphatic carbocycles. The van der Waals surface area contributed by atoms with Gasteiger partial charge in [0.1, 0.15) is 0 Å². The first-order valence-electron chi connectivity index (χ1n) is 6.89. The predicted molar refractivity (Wildman–Crippen MR) is 70.1 cm³/mol. The summed E-state index contributed by atoms with van der Waals surface area (Å²) in [5.74, 6) is 0.514. The fourth-order valence-electron chi connectivity index (χ4n) is 3.05. The molecule has 2 aliphatic heterocycles. The average Bonchev–Trinajstić information content (AvgIpc) is 2.68. The molecule has 3 atom stereocenters. The van der Waals surface area contributed by atoms with Gasteiger partial charge in [-0.3, -0.25) is 0 Å². The summed E-state index contributed by atoms with van der Waals surface area (Å²) in [6, 6.07) is 1.06. The van der Waals surface area contributed by atoms with Gasteiger partial charge in [-0.05, 0) is 39.9 Å². The Morgan fingerprint density at radius 2 is 2.18 bits per heavy atom. The third-order valence-corrected chi connectivity index (χ3v) is 4.27. The van der Waals surface area contributed by atoms with Crippen LogP contribution in [-0.2, 0) is 4.74 Å². The van der Waals surface area contributed by atoms with Crippen molar-refractivity contribution < 1.29 is 4.74 Å². The highest BCUT2D eigenvalue weighted by atomic mass is 16.5. The Morgan fingerprint density at radius 1 is 1.35 bits per heavy atom. The Kier molecular flexibility index (Phi) is 4.79. The van der Waals surface area contributed by atoms with E-state index >= 15 is 0 Å². The maximum absolute atomic E-state index is 6.15.